The van der Waals surface area contributed by atoms with Crippen LogP contribution in [0.25, 0.3) is 11.7 Å². The van der Waals surface area contributed by atoms with Crippen LogP contribution in [0.3, 0.4) is 0 Å². The first kappa shape index (κ1) is 19.1. The van der Waals surface area contributed by atoms with Gasteiger partial charge in [-0.15, -0.1) is 0 Å². The Hall–Kier alpha value is -3.88. The maximum absolute atomic E-state index is 11.5. The molecular weight excluding hydrogens is 394 g/mol. The molecule has 158 valence electrons. The summed E-state index contributed by atoms with van der Waals surface area (Å²) in [5.74, 6) is 0.464. The van der Waals surface area contributed by atoms with Crippen LogP contribution in [0.2, 0.25) is 0 Å². The fraction of sp³-hybridized carbons (Fsp3) is 0.273. The van der Waals surface area contributed by atoms with Gasteiger partial charge < -0.3 is 15.4 Å². The number of anilines is 1. The number of rotatable bonds is 5. The maximum Gasteiger partial charge on any atom is 0.326 e. The van der Waals surface area contributed by atoms with E-state index in [-0.39, 0.29) is 11.6 Å². The van der Waals surface area contributed by atoms with Gasteiger partial charge in [0.2, 0.25) is 5.88 Å². The lowest BCUT2D eigenvalue weighted by molar-refractivity contribution is 0.454. The fourth-order valence-corrected chi connectivity index (χ4v) is 3.48. The van der Waals surface area contributed by atoms with Crippen molar-refractivity contribution in [3.8, 4) is 5.88 Å². The van der Waals surface area contributed by atoms with Gasteiger partial charge in [-0.25, -0.2) is 9.78 Å². The van der Waals surface area contributed by atoms with E-state index in [9.17, 15) is 9.90 Å². The molecule has 5 rings (SSSR count). The minimum Gasteiger partial charge on any atom is -0.493 e. The third-order valence-electron chi connectivity index (χ3n) is 5.55. The average molecular weight is 417 g/mol. The van der Waals surface area contributed by atoms with Gasteiger partial charge in [-0.2, -0.15) is 9.61 Å². The Morgan fingerprint density at radius 1 is 1.32 bits per heavy atom. The lowest BCUT2D eigenvalue weighted by Gasteiger charge is -2.10. The van der Waals surface area contributed by atoms with Gasteiger partial charge in [-0.05, 0) is 49.5 Å². The number of fused-ring (bicyclic) bond motifs is 1. The van der Waals surface area contributed by atoms with Crippen molar-refractivity contribution in [1.29, 1.82) is 0 Å². The van der Waals surface area contributed by atoms with Crippen LogP contribution in [-0.4, -0.2) is 35.7 Å². The topological polar surface area (TPSA) is 123 Å². The second-order valence-corrected chi connectivity index (χ2v) is 7.89. The van der Waals surface area contributed by atoms with Gasteiger partial charge in [-0.3, -0.25) is 9.98 Å². The van der Waals surface area contributed by atoms with Crippen molar-refractivity contribution in [3.63, 3.8) is 0 Å². The summed E-state index contributed by atoms with van der Waals surface area (Å²) in [4.78, 5) is 25.8. The summed E-state index contributed by atoms with van der Waals surface area (Å²) in [5, 5.41) is 18.4. The van der Waals surface area contributed by atoms with Crippen LogP contribution in [0.15, 0.2) is 40.2 Å². The van der Waals surface area contributed by atoms with Crippen molar-refractivity contribution in [3.05, 3.63) is 74.0 Å². The number of aromatic hydroxyl groups is 1. The predicted octanol–water partition coefficient (Wildman–Crippen LogP) is 1.29. The molecule has 1 fully saturated rings. The molecule has 0 amide bonds. The maximum atomic E-state index is 11.5. The number of nitrogens with one attached hydrogen (secondary N) is 3. The van der Waals surface area contributed by atoms with E-state index in [1.54, 1.807) is 16.8 Å². The van der Waals surface area contributed by atoms with E-state index in [0.29, 0.717) is 29.3 Å². The van der Waals surface area contributed by atoms with Gasteiger partial charge in [0.15, 0.2) is 11.1 Å². The Balaban J connectivity index is 1.59. The molecule has 9 nitrogen and oxygen atoms in total. The van der Waals surface area contributed by atoms with Crippen LogP contribution in [0.1, 0.15) is 35.2 Å². The molecule has 3 aromatic heterocycles. The van der Waals surface area contributed by atoms with E-state index in [1.807, 2.05) is 6.07 Å². The number of H-pyrrole nitrogens is 2. The third kappa shape index (κ3) is 3.81. The number of imidazole rings is 1. The average Bonchev–Trinajstić information content (AvgIpc) is 3.37. The highest BCUT2D eigenvalue weighted by Crippen LogP contribution is 2.22. The highest BCUT2D eigenvalue weighted by atomic mass is 16.3. The summed E-state index contributed by atoms with van der Waals surface area (Å²) in [5.41, 5.74) is 4.82. The Morgan fingerprint density at radius 2 is 2.16 bits per heavy atom. The number of benzene rings is 1. The molecule has 31 heavy (non-hydrogen) atoms. The predicted molar refractivity (Wildman–Crippen MR) is 117 cm³/mol. The smallest absolute Gasteiger partial charge is 0.326 e. The largest absolute Gasteiger partial charge is 0.493 e. The standard InChI is InChI=1S/C22H23N7O2/c1-12-4-3-5-14(13(12)2)10-23-18-9-19(25-16-6-7-16)29-20(27-18)15(11-24-29)8-17-21(30)28-22(31)26-17/h3-5,8-9,11,16,23,30H,6-7,10H2,1-2H3,(H2,26,28,31)/b15-8+,25-19?. The zero-order valence-corrected chi connectivity index (χ0v) is 17.3. The molecule has 0 saturated heterocycles. The quantitative estimate of drug-likeness (QED) is 0.390. The molecule has 1 saturated carbocycles. The molecule has 0 atom stereocenters. The summed E-state index contributed by atoms with van der Waals surface area (Å²) in [6.07, 6.45) is 5.44. The van der Waals surface area contributed by atoms with Crippen LogP contribution < -0.4 is 21.7 Å². The normalized spacial score (nSPS) is 15.2. The molecule has 0 unspecified atom stereocenters. The van der Waals surface area contributed by atoms with Gasteiger partial charge in [-0.1, -0.05) is 18.2 Å². The monoisotopic (exact) mass is 417 g/mol. The first-order valence-electron chi connectivity index (χ1n) is 10.2. The molecular formula is C22H23N7O2. The molecule has 0 spiro atoms. The summed E-state index contributed by atoms with van der Waals surface area (Å²) in [6.45, 7) is 4.86. The first-order chi connectivity index (χ1) is 15.0. The third-order valence-corrected chi connectivity index (χ3v) is 5.55. The number of hydrogen-bond acceptors (Lipinski definition) is 6. The Morgan fingerprint density at radius 3 is 2.90 bits per heavy atom. The lowest BCUT2D eigenvalue weighted by Crippen LogP contribution is -2.20. The van der Waals surface area contributed by atoms with E-state index in [4.69, 9.17) is 9.98 Å². The SMILES string of the molecule is Cc1cccc(CNc2cc(=NC3CC3)n3nc/c(=C\c4[nH]c(=O)[nH]c4O)c3n2)c1C. The summed E-state index contributed by atoms with van der Waals surface area (Å²) >= 11 is 0. The van der Waals surface area contributed by atoms with E-state index in [0.717, 1.165) is 18.3 Å². The van der Waals surface area contributed by atoms with E-state index >= 15 is 0 Å². The minimum absolute atomic E-state index is 0.226. The number of aromatic nitrogens is 5. The number of hydrogen-bond donors (Lipinski definition) is 4. The van der Waals surface area contributed by atoms with Gasteiger partial charge >= 0.3 is 5.69 Å². The molecule has 0 aliphatic heterocycles. The van der Waals surface area contributed by atoms with Crippen molar-refractivity contribution < 1.29 is 5.11 Å². The summed E-state index contributed by atoms with van der Waals surface area (Å²) in [6, 6.07) is 8.48. The van der Waals surface area contributed by atoms with Gasteiger partial charge in [0.25, 0.3) is 0 Å². The summed E-state index contributed by atoms with van der Waals surface area (Å²) in [7, 11) is 0. The Bertz CT molecular complexity index is 1460. The second-order valence-electron chi connectivity index (χ2n) is 7.89. The number of aryl methyl sites for hydroxylation is 1. The van der Waals surface area contributed by atoms with Crippen molar-refractivity contribution in [2.45, 2.75) is 39.3 Å². The molecule has 0 radical (unpaired) electrons. The zero-order chi connectivity index (χ0) is 21.5. The molecule has 3 heterocycles. The highest BCUT2D eigenvalue weighted by molar-refractivity contribution is 5.58. The fourth-order valence-electron chi connectivity index (χ4n) is 3.48. The molecule has 1 aromatic carbocycles. The summed E-state index contributed by atoms with van der Waals surface area (Å²) < 4.78 is 1.69. The molecule has 9 heteroatoms. The minimum atomic E-state index is -0.478. The zero-order valence-electron chi connectivity index (χ0n) is 17.3. The van der Waals surface area contributed by atoms with Crippen LogP contribution in [-0.2, 0) is 6.54 Å². The molecule has 4 aromatic rings. The molecule has 1 aliphatic carbocycles. The molecule has 4 N–H and O–H groups in total. The van der Waals surface area contributed by atoms with Crippen molar-refractivity contribution >= 4 is 17.5 Å². The van der Waals surface area contributed by atoms with Crippen LogP contribution in [0.5, 0.6) is 5.88 Å². The lowest BCUT2D eigenvalue weighted by atomic mass is 10.0. The van der Waals surface area contributed by atoms with E-state index < -0.39 is 5.69 Å². The van der Waals surface area contributed by atoms with Gasteiger partial charge in [0.05, 0.1) is 12.2 Å². The Kier molecular flexibility index (Phi) is 4.58. The van der Waals surface area contributed by atoms with Gasteiger partial charge in [0.1, 0.15) is 11.5 Å². The Labute approximate surface area is 177 Å². The van der Waals surface area contributed by atoms with Crippen molar-refractivity contribution in [2.75, 3.05) is 5.32 Å². The molecule has 1 aliphatic rings. The van der Waals surface area contributed by atoms with E-state index in [1.165, 1.54) is 16.7 Å². The van der Waals surface area contributed by atoms with Crippen LogP contribution >= 0.6 is 0 Å². The van der Waals surface area contributed by atoms with Crippen molar-refractivity contribution in [2.24, 2.45) is 4.99 Å². The van der Waals surface area contributed by atoms with Crippen LogP contribution in [0.4, 0.5) is 5.82 Å². The van der Waals surface area contributed by atoms with E-state index in [2.05, 4.69) is 52.4 Å². The molecule has 0 bridgehead atoms. The highest BCUT2D eigenvalue weighted by Gasteiger charge is 2.20. The second kappa shape index (κ2) is 7.42. The number of aromatic amines is 2. The van der Waals surface area contributed by atoms with Crippen molar-refractivity contribution in [1.82, 2.24) is 24.6 Å². The van der Waals surface area contributed by atoms with Gasteiger partial charge in [0, 0.05) is 17.8 Å². The first-order valence-corrected chi connectivity index (χ1v) is 10.2. The van der Waals surface area contributed by atoms with Crippen LogP contribution in [0, 0.1) is 13.8 Å². The number of nitrogens with zero attached hydrogens (tertiary/aromatic N) is 4.